The average Bonchev–Trinajstić information content (AvgIpc) is 3.29. The van der Waals surface area contributed by atoms with Crippen molar-refractivity contribution in [2.45, 2.75) is 63.1 Å². The Balaban J connectivity index is 1.48. The van der Waals surface area contributed by atoms with Crippen LogP contribution in [0.1, 0.15) is 54.4 Å². The number of rotatable bonds is 8. The number of amides is 4. The van der Waals surface area contributed by atoms with E-state index in [1.165, 1.54) is 25.7 Å². The molecule has 0 radical (unpaired) electrons. The number of aliphatic hydroxyl groups excluding tert-OH is 1. The van der Waals surface area contributed by atoms with E-state index >= 15 is 0 Å². The molecule has 0 bridgehead atoms. The number of benzene rings is 2. The zero-order valence-electron chi connectivity index (χ0n) is 24.6. The third-order valence-electron chi connectivity index (χ3n) is 7.74. The first-order chi connectivity index (χ1) is 20.9. The maximum atomic E-state index is 13.4. The van der Waals surface area contributed by atoms with E-state index in [4.69, 9.17) is 4.74 Å². The van der Waals surface area contributed by atoms with Crippen LogP contribution in [0.5, 0.6) is 5.75 Å². The number of hydrogen-bond donors (Lipinski definition) is 5. The Bertz CT molecular complexity index is 1220. The molecule has 0 aromatic heterocycles. The van der Waals surface area contributed by atoms with Crippen molar-refractivity contribution in [3.63, 3.8) is 0 Å². The van der Waals surface area contributed by atoms with E-state index in [1.54, 1.807) is 24.3 Å². The van der Waals surface area contributed by atoms with E-state index in [1.807, 2.05) is 30.3 Å². The molecule has 232 valence electrons. The summed E-state index contributed by atoms with van der Waals surface area (Å²) in [6.45, 7) is 2.76. The van der Waals surface area contributed by atoms with Crippen LogP contribution in [-0.4, -0.2) is 91.2 Å². The molecule has 11 nitrogen and oxygen atoms in total. The third-order valence-corrected chi connectivity index (χ3v) is 7.74. The van der Waals surface area contributed by atoms with Gasteiger partial charge >= 0.3 is 0 Å². The number of nitrogens with one attached hydrogen (secondary N) is 4. The second-order valence-electron chi connectivity index (χ2n) is 11.1. The number of carbonyl (C=O) groups is 4. The van der Waals surface area contributed by atoms with Gasteiger partial charge in [-0.3, -0.25) is 19.2 Å². The van der Waals surface area contributed by atoms with E-state index < -0.39 is 54.8 Å². The zero-order valence-corrected chi connectivity index (χ0v) is 24.6. The van der Waals surface area contributed by atoms with Crippen molar-refractivity contribution in [1.29, 1.82) is 0 Å². The van der Waals surface area contributed by atoms with Crippen molar-refractivity contribution >= 4 is 23.6 Å². The van der Waals surface area contributed by atoms with E-state index in [2.05, 4.69) is 26.2 Å². The van der Waals surface area contributed by atoms with Crippen LogP contribution in [0, 0.1) is 0 Å². The summed E-state index contributed by atoms with van der Waals surface area (Å²) in [7, 11) is 0. The summed E-state index contributed by atoms with van der Waals surface area (Å²) in [6, 6.07) is 13.2. The van der Waals surface area contributed by atoms with Crippen molar-refractivity contribution in [1.82, 2.24) is 26.2 Å². The molecule has 5 N–H and O–H groups in total. The molecule has 3 atom stereocenters. The largest absolute Gasteiger partial charge is 0.491 e. The Morgan fingerprint density at radius 2 is 1.65 bits per heavy atom. The summed E-state index contributed by atoms with van der Waals surface area (Å²) in [4.78, 5) is 55.1. The third kappa shape index (κ3) is 10.1. The molecular weight excluding hydrogens is 550 g/mol. The van der Waals surface area contributed by atoms with Gasteiger partial charge in [0.25, 0.3) is 5.91 Å². The highest BCUT2D eigenvalue weighted by Gasteiger charge is 2.29. The molecule has 2 aromatic carbocycles. The number of para-hydroxylation sites is 1. The molecule has 0 saturated carbocycles. The molecule has 0 aliphatic carbocycles. The fourth-order valence-corrected chi connectivity index (χ4v) is 5.40. The van der Waals surface area contributed by atoms with E-state index in [9.17, 15) is 24.3 Å². The van der Waals surface area contributed by atoms with Gasteiger partial charge in [0.2, 0.25) is 17.7 Å². The first-order valence-corrected chi connectivity index (χ1v) is 15.2. The van der Waals surface area contributed by atoms with Crippen molar-refractivity contribution in [2.24, 2.45) is 0 Å². The smallest absolute Gasteiger partial charge is 0.255 e. The highest BCUT2D eigenvalue weighted by atomic mass is 16.5. The first-order valence-electron chi connectivity index (χ1n) is 15.2. The molecular formula is C32H43N5O6. The van der Waals surface area contributed by atoms with Crippen molar-refractivity contribution < 1.29 is 29.0 Å². The number of carbonyl (C=O) groups excluding carboxylic acids is 4. The minimum atomic E-state index is -1.24. The lowest BCUT2D eigenvalue weighted by Gasteiger charge is -2.25. The quantitative estimate of drug-likeness (QED) is 0.289. The Morgan fingerprint density at radius 3 is 2.40 bits per heavy atom. The van der Waals surface area contributed by atoms with E-state index in [0.29, 0.717) is 13.0 Å². The molecule has 2 aliphatic heterocycles. The van der Waals surface area contributed by atoms with Crippen LogP contribution in [0.3, 0.4) is 0 Å². The lowest BCUT2D eigenvalue weighted by molar-refractivity contribution is -0.132. The summed E-state index contributed by atoms with van der Waals surface area (Å²) in [6.07, 6.45) is 5.61. The molecule has 1 fully saturated rings. The standard InChI is InChI=1S/C32H43N5O6/c38-21-27-32(42)34-24(19-23-11-4-3-5-12-23)22-43-28-14-7-6-13-25(28)30(40)36-26(20-29(39)35-27)31(41)33-15-10-18-37-16-8-1-2-9-17-37/h3-7,11-14,24,26-27,38H,1-2,8-10,15-22H2,(H,33,41)(H,34,42)(H,35,39)(H,36,40)/t24-,26+,27+/m1/s1. The number of aliphatic hydroxyl groups is 1. The highest BCUT2D eigenvalue weighted by molar-refractivity contribution is 6.01. The molecule has 0 spiro atoms. The average molecular weight is 594 g/mol. The van der Waals surface area contributed by atoms with Gasteiger partial charge in [0.1, 0.15) is 24.4 Å². The Kier molecular flexibility index (Phi) is 12.4. The van der Waals surface area contributed by atoms with Crippen molar-refractivity contribution in [2.75, 3.05) is 39.4 Å². The summed E-state index contributed by atoms with van der Waals surface area (Å²) >= 11 is 0. The molecule has 2 aliphatic rings. The Morgan fingerprint density at radius 1 is 0.930 bits per heavy atom. The molecule has 43 heavy (non-hydrogen) atoms. The minimum absolute atomic E-state index is 0.0257. The maximum Gasteiger partial charge on any atom is 0.255 e. The lowest BCUT2D eigenvalue weighted by atomic mass is 10.1. The first kappa shape index (κ1) is 32.0. The van der Waals surface area contributed by atoms with Gasteiger partial charge in [0.05, 0.1) is 24.6 Å². The second kappa shape index (κ2) is 16.6. The SMILES string of the molecule is O=C1C[C@@H](C(=O)NCCCN2CCCCCC2)NC(=O)c2ccccc2OC[C@@H](Cc2ccccc2)NC(=O)[C@H](CO)N1. The summed E-state index contributed by atoms with van der Waals surface area (Å²) in [5.74, 6) is -2.01. The minimum Gasteiger partial charge on any atom is -0.491 e. The van der Waals surface area contributed by atoms with Gasteiger partial charge in [-0.1, -0.05) is 55.3 Å². The van der Waals surface area contributed by atoms with Crippen molar-refractivity contribution in [3.05, 3.63) is 65.7 Å². The topological polar surface area (TPSA) is 149 Å². The van der Waals surface area contributed by atoms with Crippen LogP contribution >= 0.6 is 0 Å². The predicted octanol–water partition coefficient (Wildman–Crippen LogP) is 1.15. The van der Waals surface area contributed by atoms with Crippen LogP contribution < -0.4 is 26.0 Å². The number of ether oxygens (including phenoxy) is 1. The van der Waals surface area contributed by atoms with E-state index in [-0.39, 0.29) is 17.9 Å². The summed E-state index contributed by atoms with van der Waals surface area (Å²) in [5, 5.41) is 20.8. The van der Waals surface area contributed by atoms with Crippen LogP contribution in [0.4, 0.5) is 0 Å². The monoisotopic (exact) mass is 593 g/mol. The van der Waals surface area contributed by atoms with Crippen LogP contribution in [0.15, 0.2) is 54.6 Å². The molecule has 2 aromatic rings. The number of fused-ring (bicyclic) bond motifs is 1. The predicted molar refractivity (Wildman–Crippen MR) is 161 cm³/mol. The van der Waals surface area contributed by atoms with Gasteiger partial charge in [0, 0.05) is 6.54 Å². The fraction of sp³-hybridized carbons (Fsp3) is 0.500. The molecule has 4 amide bonds. The highest BCUT2D eigenvalue weighted by Crippen LogP contribution is 2.19. The second-order valence-corrected chi connectivity index (χ2v) is 11.1. The van der Waals surface area contributed by atoms with Gasteiger partial charge < -0.3 is 36.0 Å². The summed E-state index contributed by atoms with van der Waals surface area (Å²) < 4.78 is 6.04. The maximum absolute atomic E-state index is 13.4. The molecule has 4 rings (SSSR count). The van der Waals surface area contributed by atoms with Gasteiger partial charge in [-0.15, -0.1) is 0 Å². The lowest BCUT2D eigenvalue weighted by Crippen LogP contribution is -2.55. The van der Waals surface area contributed by atoms with Gasteiger partial charge in [0.15, 0.2) is 0 Å². The number of nitrogens with zero attached hydrogens (tertiary/aromatic N) is 1. The van der Waals surface area contributed by atoms with Gasteiger partial charge in [-0.2, -0.15) is 0 Å². The van der Waals surface area contributed by atoms with Crippen LogP contribution in [-0.2, 0) is 20.8 Å². The van der Waals surface area contributed by atoms with Gasteiger partial charge in [-0.25, -0.2) is 0 Å². The number of hydrogen-bond acceptors (Lipinski definition) is 7. The van der Waals surface area contributed by atoms with Crippen LogP contribution in [0.25, 0.3) is 0 Å². The number of likely N-dealkylation sites (tertiary alicyclic amines) is 1. The van der Waals surface area contributed by atoms with Gasteiger partial charge in [-0.05, 0) is 63.0 Å². The normalized spacial score (nSPS) is 22.4. The van der Waals surface area contributed by atoms with Crippen molar-refractivity contribution in [3.8, 4) is 5.75 Å². The van der Waals surface area contributed by atoms with E-state index in [0.717, 1.165) is 31.6 Å². The molecule has 0 unspecified atom stereocenters. The molecule has 1 saturated heterocycles. The Labute approximate surface area is 252 Å². The molecule has 2 heterocycles. The molecule has 11 heteroatoms. The Hall–Kier alpha value is -3.96. The van der Waals surface area contributed by atoms with Crippen LogP contribution in [0.2, 0.25) is 0 Å². The summed E-state index contributed by atoms with van der Waals surface area (Å²) in [5.41, 5.74) is 1.16. The zero-order chi connectivity index (χ0) is 30.4. The fourth-order valence-electron chi connectivity index (χ4n) is 5.40.